The van der Waals surface area contributed by atoms with Crippen molar-refractivity contribution in [3.63, 3.8) is 0 Å². The van der Waals surface area contributed by atoms with E-state index in [0.717, 1.165) is 6.42 Å². The zero-order chi connectivity index (χ0) is 14.2. The molecule has 0 spiro atoms. The molecule has 0 saturated carbocycles. The highest BCUT2D eigenvalue weighted by Gasteiger charge is 2.13. The Hall–Kier alpha value is -2.16. The molecule has 1 aliphatic rings. The van der Waals surface area contributed by atoms with Gasteiger partial charge < -0.3 is 4.74 Å². The highest BCUT2D eigenvalue weighted by molar-refractivity contribution is 5.89. The maximum Gasteiger partial charge on any atom is 0.330 e. The molecule has 104 valence electrons. The van der Waals surface area contributed by atoms with Gasteiger partial charge in [0.1, 0.15) is 6.10 Å². The van der Waals surface area contributed by atoms with Crippen LogP contribution in [0.1, 0.15) is 24.8 Å². The van der Waals surface area contributed by atoms with E-state index in [1.165, 1.54) is 11.6 Å². The predicted octanol–water partition coefficient (Wildman–Crippen LogP) is 3.01. The van der Waals surface area contributed by atoms with Gasteiger partial charge in [0.2, 0.25) is 0 Å². The fraction of sp³-hybridized carbons (Fsp3) is 0.294. The van der Waals surface area contributed by atoms with E-state index in [4.69, 9.17) is 4.74 Å². The van der Waals surface area contributed by atoms with Gasteiger partial charge in [0, 0.05) is 25.3 Å². The number of rotatable bonds is 6. The minimum Gasteiger partial charge on any atom is -0.459 e. The standard InChI is InChI=1S/C17H18O3/c18-15(13-12-14-6-2-1-3-7-14)8-4-9-16-10-5-11-17(19)20-16/h1-8,11,16H,9-10,12-13H2/b8-4+. The molecule has 3 heteroatoms. The van der Waals surface area contributed by atoms with Crippen LogP contribution in [-0.2, 0) is 20.7 Å². The lowest BCUT2D eigenvalue weighted by atomic mass is 10.1. The van der Waals surface area contributed by atoms with Crippen LogP contribution in [0.15, 0.2) is 54.6 Å². The summed E-state index contributed by atoms with van der Waals surface area (Å²) in [6, 6.07) is 9.95. The number of aryl methyl sites for hydroxylation is 1. The number of carbonyl (C=O) groups excluding carboxylic acids is 2. The fourth-order valence-electron chi connectivity index (χ4n) is 2.06. The molecular weight excluding hydrogens is 252 g/mol. The van der Waals surface area contributed by atoms with Crippen LogP contribution in [0, 0.1) is 0 Å². The fourth-order valence-corrected chi connectivity index (χ4v) is 2.06. The van der Waals surface area contributed by atoms with Gasteiger partial charge in [-0.3, -0.25) is 4.79 Å². The number of allylic oxidation sites excluding steroid dienone is 1. The van der Waals surface area contributed by atoms with E-state index >= 15 is 0 Å². The lowest BCUT2D eigenvalue weighted by Gasteiger charge is -2.16. The van der Waals surface area contributed by atoms with Gasteiger partial charge in [-0.25, -0.2) is 4.79 Å². The molecule has 0 radical (unpaired) electrons. The Labute approximate surface area is 118 Å². The van der Waals surface area contributed by atoms with E-state index in [1.54, 1.807) is 12.2 Å². The average molecular weight is 270 g/mol. The van der Waals surface area contributed by atoms with E-state index in [9.17, 15) is 9.59 Å². The molecule has 0 fully saturated rings. The van der Waals surface area contributed by atoms with Gasteiger partial charge in [0.15, 0.2) is 5.78 Å². The van der Waals surface area contributed by atoms with E-state index in [2.05, 4.69) is 0 Å². The molecule has 20 heavy (non-hydrogen) atoms. The maximum absolute atomic E-state index is 11.7. The maximum atomic E-state index is 11.7. The lowest BCUT2D eigenvalue weighted by molar-refractivity contribution is -0.143. The van der Waals surface area contributed by atoms with Gasteiger partial charge in [0.25, 0.3) is 0 Å². The summed E-state index contributed by atoms with van der Waals surface area (Å²) < 4.78 is 5.11. The minimum atomic E-state index is -0.301. The normalized spacial score (nSPS) is 18.2. The second-order valence-corrected chi connectivity index (χ2v) is 4.79. The Morgan fingerprint density at radius 1 is 1.30 bits per heavy atom. The third kappa shape index (κ3) is 4.84. The lowest BCUT2D eigenvalue weighted by Crippen LogP contribution is -2.19. The van der Waals surface area contributed by atoms with E-state index in [-0.39, 0.29) is 17.9 Å². The van der Waals surface area contributed by atoms with Gasteiger partial charge in [-0.05, 0) is 18.1 Å². The van der Waals surface area contributed by atoms with Gasteiger partial charge in [-0.2, -0.15) is 0 Å². The number of carbonyl (C=O) groups is 2. The molecule has 1 heterocycles. The Balaban J connectivity index is 1.70. The molecule has 0 saturated heterocycles. The molecule has 1 aliphatic heterocycles. The Morgan fingerprint density at radius 3 is 2.85 bits per heavy atom. The largest absolute Gasteiger partial charge is 0.459 e. The van der Waals surface area contributed by atoms with Crippen LogP contribution in [-0.4, -0.2) is 17.9 Å². The van der Waals surface area contributed by atoms with Crippen LogP contribution >= 0.6 is 0 Å². The average Bonchev–Trinajstić information content (AvgIpc) is 2.46. The number of ether oxygens (including phenoxy) is 1. The summed E-state index contributed by atoms with van der Waals surface area (Å²) >= 11 is 0. The van der Waals surface area contributed by atoms with Crippen LogP contribution in [0.2, 0.25) is 0 Å². The van der Waals surface area contributed by atoms with Gasteiger partial charge in [-0.15, -0.1) is 0 Å². The molecular formula is C17H18O3. The first-order valence-electron chi connectivity index (χ1n) is 6.84. The van der Waals surface area contributed by atoms with Crippen molar-refractivity contribution in [1.82, 2.24) is 0 Å². The minimum absolute atomic E-state index is 0.103. The second-order valence-electron chi connectivity index (χ2n) is 4.79. The summed E-state index contributed by atoms with van der Waals surface area (Å²) in [5.74, 6) is -0.198. The molecule has 0 bridgehead atoms. The molecule has 0 amide bonds. The summed E-state index contributed by atoms with van der Waals surface area (Å²) in [4.78, 5) is 22.7. The van der Waals surface area contributed by atoms with Crippen molar-refractivity contribution in [2.75, 3.05) is 0 Å². The summed E-state index contributed by atoms with van der Waals surface area (Å²) in [7, 11) is 0. The zero-order valence-electron chi connectivity index (χ0n) is 11.3. The van der Waals surface area contributed by atoms with Crippen molar-refractivity contribution in [2.45, 2.75) is 31.8 Å². The SMILES string of the molecule is O=C(/C=C/CC1CC=CC(=O)O1)CCc1ccccc1. The Kier molecular flexibility index (Phi) is 5.30. The topological polar surface area (TPSA) is 43.4 Å². The summed E-state index contributed by atoms with van der Waals surface area (Å²) in [6.07, 6.45) is 9.06. The van der Waals surface area contributed by atoms with Crippen LogP contribution in [0.25, 0.3) is 0 Å². The number of hydrogen-bond acceptors (Lipinski definition) is 3. The highest BCUT2D eigenvalue weighted by atomic mass is 16.5. The van der Waals surface area contributed by atoms with Crippen molar-refractivity contribution in [3.8, 4) is 0 Å². The van der Waals surface area contributed by atoms with Crippen LogP contribution < -0.4 is 0 Å². The number of cyclic esters (lactones) is 1. The number of hydrogen-bond donors (Lipinski definition) is 0. The molecule has 1 atom stereocenters. The quantitative estimate of drug-likeness (QED) is 0.589. The Bertz CT molecular complexity index is 514. The second kappa shape index (κ2) is 7.43. The zero-order valence-corrected chi connectivity index (χ0v) is 11.3. The number of benzene rings is 1. The first kappa shape index (κ1) is 14.3. The van der Waals surface area contributed by atoms with Crippen molar-refractivity contribution < 1.29 is 14.3 Å². The van der Waals surface area contributed by atoms with Gasteiger partial charge >= 0.3 is 5.97 Å². The first-order chi connectivity index (χ1) is 9.74. The van der Waals surface area contributed by atoms with Crippen LogP contribution in [0.3, 0.4) is 0 Å². The van der Waals surface area contributed by atoms with Gasteiger partial charge in [-0.1, -0.05) is 42.5 Å². The molecule has 3 nitrogen and oxygen atoms in total. The van der Waals surface area contributed by atoms with Crippen LogP contribution in [0.5, 0.6) is 0 Å². The van der Waals surface area contributed by atoms with Crippen molar-refractivity contribution in [3.05, 3.63) is 60.2 Å². The number of esters is 1. The van der Waals surface area contributed by atoms with Gasteiger partial charge in [0.05, 0.1) is 0 Å². The molecule has 0 aliphatic carbocycles. The Morgan fingerprint density at radius 2 is 2.10 bits per heavy atom. The smallest absolute Gasteiger partial charge is 0.330 e. The predicted molar refractivity (Wildman–Crippen MR) is 77.2 cm³/mol. The summed E-state index contributed by atoms with van der Waals surface area (Å²) in [5, 5.41) is 0. The van der Waals surface area contributed by atoms with E-state index in [0.29, 0.717) is 19.3 Å². The van der Waals surface area contributed by atoms with Crippen LogP contribution in [0.4, 0.5) is 0 Å². The molecule has 1 aromatic rings. The first-order valence-corrected chi connectivity index (χ1v) is 6.84. The van der Waals surface area contributed by atoms with Crippen molar-refractivity contribution >= 4 is 11.8 Å². The molecule has 2 rings (SSSR count). The molecule has 0 aromatic heterocycles. The van der Waals surface area contributed by atoms with Crippen molar-refractivity contribution in [2.24, 2.45) is 0 Å². The highest BCUT2D eigenvalue weighted by Crippen LogP contribution is 2.11. The van der Waals surface area contributed by atoms with Crippen molar-refractivity contribution in [1.29, 1.82) is 0 Å². The molecule has 0 N–H and O–H groups in total. The monoisotopic (exact) mass is 270 g/mol. The summed E-state index contributed by atoms with van der Waals surface area (Å²) in [5.41, 5.74) is 1.17. The third-order valence-corrected chi connectivity index (χ3v) is 3.14. The third-order valence-electron chi connectivity index (χ3n) is 3.14. The molecule has 1 aromatic carbocycles. The van der Waals surface area contributed by atoms with E-state index < -0.39 is 0 Å². The molecule has 1 unspecified atom stereocenters. The van der Waals surface area contributed by atoms with E-state index in [1.807, 2.05) is 36.4 Å². The number of ketones is 1. The summed E-state index contributed by atoms with van der Waals surface area (Å²) in [6.45, 7) is 0.